The van der Waals surface area contributed by atoms with E-state index < -0.39 is 0 Å². The molecule has 1 saturated heterocycles. The third-order valence-electron chi connectivity index (χ3n) is 16.9. The number of allylic oxidation sites excluding steroid dienone is 2. The quantitative estimate of drug-likeness (QED) is 0.115. The molecule has 0 aromatic heterocycles. The zero-order valence-corrected chi connectivity index (χ0v) is 34.8. The topological polar surface area (TPSA) is 12.0 Å². The number of nitrogens with one attached hydrogen (secondary N) is 1. The smallest absolute Gasteiger partial charge is 0.0103 e. The van der Waals surface area contributed by atoms with Crippen molar-refractivity contribution < 1.29 is 0 Å². The second-order valence-corrected chi connectivity index (χ2v) is 18.8. The molecule has 2 bridgehead atoms. The normalized spacial score (nSPS) is 39.7. The van der Waals surface area contributed by atoms with Crippen LogP contribution in [0.15, 0.2) is 11.6 Å². The first-order valence-electron chi connectivity index (χ1n) is 21.6. The van der Waals surface area contributed by atoms with Crippen molar-refractivity contribution in [2.45, 2.75) is 206 Å². The van der Waals surface area contributed by atoms with Crippen LogP contribution in [0.5, 0.6) is 0 Å². The average molecular weight is 654 g/mol. The van der Waals surface area contributed by atoms with Crippen LogP contribution >= 0.6 is 0 Å². The maximum absolute atomic E-state index is 4.43. The van der Waals surface area contributed by atoms with Crippen LogP contribution in [0.2, 0.25) is 0 Å². The van der Waals surface area contributed by atoms with Gasteiger partial charge in [-0.25, -0.2) is 0 Å². The van der Waals surface area contributed by atoms with Gasteiger partial charge >= 0.3 is 0 Å². The first-order valence-corrected chi connectivity index (χ1v) is 21.6. The van der Waals surface area contributed by atoms with E-state index in [1.807, 2.05) is 0 Å². The van der Waals surface area contributed by atoms with Gasteiger partial charge in [0.1, 0.15) is 0 Å². The molecule has 3 aliphatic rings. The lowest BCUT2D eigenvalue weighted by molar-refractivity contribution is -0.0778. The standard InChI is InChI=1S/C46H87N/c1-15-21-22-23-24-25-34(9)30-44(33(7)8)28-29-45-31-36(11)41(27-26-40(35(10)16-2)39(17-3)18-4)46(45,20-6)38(13)47-32-43(14,37(45)12)42(44)19-5/h17,33-38,40-42,47H,15-16,18-32H2,1-14H3/b39-17-. The average Bonchev–Trinajstić information content (AvgIpc) is 3.23. The molecule has 12 unspecified atom stereocenters. The van der Waals surface area contributed by atoms with Crippen molar-refractivity contribution in [3.8, 4) is 0 Å². The molecule has 1 nitrogen and oxygen atoms in total. The van der Waals surface area contributed by atoms with Crippen LogP contribution in [-0.2, 0) is 0 Å². The maximum Gasteiger partial charge on any atom is 0.0103 e. The van der Waals surface area contributed by atoms with E-state index in [9.17, 15) is 0 Å². The molecule has 1 aliphatic heterocycles. The van der Waals surface area contributed by atoms with E-state index in [0.29, 0.717) is 27.7 Å². The molecule has 47 heavy (non-hydrogen) atoms. The van der Waals surface area contributed by atoms with Crippen LogP contribution in [0.25, 0.3) is 0 Å². The van der Waals surface area contributed by atoms with E-state index in [4.69, 9.17) is 0 Å². The Labute approximate surface area is 297 Å². The zero-order valence-electron chi connectivity index (χ0n) is 34.8. The summed E-state index contributed by atoms with van der Waals surface area (Å²) < 4.78 is 0. The van der Waals surface area contributed by atoms with Gasteiger partial charge in [-0.05, 0) is 134 Å². The summed E-state index contributed by atoms with van der Waals surface area (Å²) in [6.45, 7) is 37.3. The Hall–Kier alpha value is -0.300. The molecule has 276 valence electrons. The number of rotatable bonds is 18. The monoisotopic (exact) mass is 654 g/mol. The fourth-order valence-corrected chi connectivity index (χ4v) is 14.2. The molecule has 1 N–H and O–H groups in total. The molecule has 0 amide bonds. The van der Waals surface area contributed by atoms with Gasteiger partial charge in [0.05, 0.1) is 0 Å². The van der Waals surface area contributed by atoms with E-state index in [0.717, 1.165) is 47.3 Å². The van der Waals surface area contributed by atoms with Crippen molar-refractivity contribution in [2.24, 2.45) is 69.0 Å². The van der Waals surface area contributed by atoms with E-state index in [-0.39, 0.29) is 0 Å². The molecule has 2 aliphatic carbocycles. The first kappa shape index (κ1) is 41.1. The molecule has 0 radical (unpaired) electrons. The van der Waals surface area contributed by atoms with Gasteiger partial charge in [-0.2, -0.15) is 0 Å². The first-order chi connectivity index (χ1) is 22.3. The molecule has 12 atom stereocenters. The highest BCUT2D eigenvalue weighted by molar-refractivity contribution is 5.21. The summed E-state index contributed by atoms with van der Waals surface area (Å²) in [5.74, 6) is 6.26. The molecule has 2 saturated carbocycles. The number of unbranched alkanes of at least 4 members (excludes halogenated alkanes) is 4. The molecule has 1 spiro atoms. The van der Waals surface area contributed by atoms with Crippen LogP contribution < -0.4 is 5.32 Å². The SMILES string of the molecule is C/C=C(/CC)C(CCC1C(C)CC23CCC(CC(C)CCCCCCC)(C(C)C)C(CC)C(C)(CNC(C)C12CC)C3C)C(C)CC. The van der Waals surface area contributed by atoms with E-state index >= 15 is 0 Å². The van der Waals surface area contributed by atoms with Crippen molar-refractivity contribution in [1.82, 2.24) is 5.32 Å². The van der Waals surface area contributed by atoms with Gasteiger partial charge in [-0.1, -0.05) is 146 Å². The summed E-state index contributed by atoms with van der Waals surface area (Å²) in [6.07, 6.45) is 24.8. The van der Waals surface area contributed by atoms with Gasteiger partial charge in [0.15, 0.2) is 0 Å². The summed E-state index contributed by atoms with van der Waals surface area (Å²) in [5, 5.41) is 4.43. The van der Waals surface area contributed by atoms with Crippen LogP contribution in [0.1, 0.15) is 200 Å². The fourth-order valence-electron chi connectivity index (χ4n) is 14.2. The third-order valence-corrected chi connectivity index (χ3v) is 16.9. The van der Waals surface area contributed by atoms with Gasteiger partial charge in [0.2, 0.25) is 0 Å². The largest absolute Gasteiger partial charge is 0.313 e. The molecular weight excluding hydrogens is 567 g/mol. The Morgan fingerprint density at radius 2 is 1.57 bits per heavy atom. The lowest BCUT2D eigenvalue weighted by Gasteiger charge is -2.56. The highest BCUT2D eigenvalue weighted by atomic mass is 15.0. The van der Waals surface area contributed by atoms with E-state index in [1.165, 1.54) is 109 Å². The predicted octanol–water partition coefficient (Wildman–Crippen LogP) is 14.3. The Morgan fingerprint density at radius 3 is 2.13 bits per heavy atom. The van der Waals surface area contributed by atoms with Gasteiger partial charge in [0, 0.05) is 12.6 Å². The lowest BCUT2D eigenvalue weighted by atomic mass is 9.47. The Kier molecular flexibility index (Phi) is 15.1. The van der Waals surface area contributed by atoms with E-state index in [2.05, 4.69) is 108 Å². The van der Waals surface area contributed by atoms with Gasteiger partial charge in [-0.15, -0.1) is 0 Å². The maximum atomic E-state index is 4.43. The van der Waals surface area contributed by atoms with Gasteiger partial charge in [-0.3, -0.25) is 0 Å². The minimum Gasteiger partial charge on any atom is -0.313 e. The molecule has 3 rings (SSSR count). The molecule has 3 fully saturated rings. The van der Waals surface area contributed by atoms with Crippen molar-refractivity contribution >= 4 is 0 Å². The van der Waals surface area contributed by atoms with Gasteiger partial charge < -0.3 is 5.32 Å². The Balaban J connectivity index is 2.08. The van der Waals surface area contributed by atoms with Crippen LogP contribution in [0, 0.1) is 69.0 Å². The summed E-state index contributed by atoms with van der Waals surface area (Å²) >= 11 is 0. The Morgan fingerprint density at radius 1 is 0.894 bits per heavy atom. The van der Waals surface area contributed by atoms with Crippen LogP contribution in [0.4, 0.5) is 0 Å². The number of hydrogen-bond donors (Lipinski definition) is 1. The third kappa shape index (κ3) is 7.39. The molecule has 1 heterocycles. The summed E-state index contributed by atoms with van der Waals surface area (Å²) in [6, 6.07) is 0.590. The summed E-state index contributed by atoms with van der Waals surface area (Å²) in [5.41, 5.74) is 3.30. The van der Waals surface area contributed by atoms with Gasteiger partial charge in [0.25, 0.3) is 0 Å². The summed E-state index contributed by atoms with van der Waals surface area (Å²) in [4.78, 5) is 0. The molecule has 0 aromatic carbocycles. The van der Waals surface area contributed by atoms with Crippen LogP contribution in [0.3, 0.4) is 0 Å². The highest BCUT2D eigenvalue weighted by Gasteiger charge is 2.71. The molecule has 0 aromatic rings. The van der Waals surface area contributed by atoms with Crippen molar-refractivity contribution in [1.29, 1.82) is 0 Å². The number of hydrogen-bond acceptors (Lipinski definition) is 1. The molecule has 1 heteroatoms. The Bertz CT molecular complexity index is 964. The zero-order chi connectivity index (χ0) is 35.2. The minimum atomic E-state index is 0.329. The van der Waals surface area contributed by atoms with Crippen molar-refractivity contribution in [3.63, 3.8) is 0 Å². The van der Waals surface area contributed by atoms with E-state index in [1.54, 1.807) is 5.57 Å². The van der Waals surface area contributed by atoms with Crippen molar-refractivity contribution in [3.05, 3.63) is 11.6 Å². The minimum absolute atomic E-state index is 0.329. The fraction of sp³-hybridized carbons (Fsp3) is 0.957. The lowest BCUT2D eigenvalue weighted by Crippen LogP contribution is -2.54. The predicted molar refractivity (Wildman–Crippen MR) is 211 cm³/mol. The van der Waals surface area contributed by atoms with Crippen LogP contribution in [-0.4, -0.2) is 12.6 Å². The van der Waals surface area contributed by atoms with Crippen molar-refractivity contribution in [2.75, 3.05) is 6.54 Å². The molecular formula is C46H87N. The second-order valence-electron chi connectivity index (χ2n) is 18.8. The highest BCUT2D eigenvalue weighted by Crippen LogP contribution is 2.76. The number of fused-ring (bicyclic) bond motifs is 1. The summed E-state index contributed by atoms with van der Waals surface area (Å²) in [7, 11) is 0. The second kappa shape index (κ2) is 17.3.